The summed E-state index contributed by atoms with van der Waals surface area (Å²) in [6.45, 7) is 9.85. The molecule has 0 saturated carbocycles. The fourth-order valence-corrected chi connectivity index (χ4v) is 3.27. The number of pyridine rings is 1. The highest BCUT2D eigenvalue weighted by atomic mass is 32.2. The zero-order chi connectivity index (χ0) is 14.0. The Labute approximate surface area is 120 Å². The number of thioether (sulfide) groups is 1. The molecule has 106 valence electrons. The van der Waals surface area contributed by atoms with E-state index in [9.17, 15) is 5.11 Å². The maximum Gasteiger partial charge on any atom is 0.129 e. The first-order valence-electron chi connectivity index (χ1n) is 6.88. The lowest BCUT2D eigenvalue weighted by Crippen LogP contribution is -2.41. The van der Waals surface area contributed by atoms with Gasteiger partial charge in [0, 0.05) is 35.2 Å². The predicted octanol–water partition coefficient (Wildman–Crippen LogP) is 2.81. The number of anilines is 1. The Balaban J connectivity index is 2.39. The summed E-state index contributed by atoms with van der Waals surface area (Å²) in [5, 5.41) is 9.47. The minimum atomic E-state index is 0.00764. The van der Waals surface area contributed by atoms with Gasteiger partial charge in [0.25, 0.3) is 0 Å². The number of nitrogens with zero attached hydrogens (tertiary/aromatic N) is 2. The van der Waals surface area contributed by atoms with Crippen molar-refractivity contribution in [2.45, 2.75) is 45.8 Å². The number of hydrogen-bond donors (Lipinski definition) is 1. The van der Waals surface area contributed by atoms with Crippen LogP contribution in [0.3, 0.4) is 0 Å². The first-order valence-corrected chi connectivity index (χ1v) is 8.04. The summed E-state index contributed by atoms with van der Waals surface area (Å²) in [6, 6.07) is 4.56. The zero-order valence-electron chi connectivity index (χ0n) is 12.3. The lowest BCUT2D eigenvalue weighted by atomic mass is 9.90. The van der Waals surface area contributed by atoms with Crippen molar-refractivity contribution in [1.29, 1.82) is 0 Å². The van der Waals surface area contributed by atoms with Crippen LogP contribution in [0.5, 0.6) is 0 Å². The quantitative estimate of drug-likeness (QED) is 0.904. The van der Waals surface area contributed by atoms with E-state index in [1.165, 1.54) is 0 Å². The summed E-state index contributed by atoms with van der Waals surface area (Å²) >= 11 is 2.00. The Morgan fingerprint density at radius 1 is 1.42 bits per heavy atom. The molecule has 1 aromatic rings. The van der Waals surface area contributed by atoms with Crippen LogP contribution in [0.4, 0.5) is 5.82 Å². The van der Waals surface area contributed by atoms with Crippen LogP contribution in [-0.2, 0) is 12.0 Å². The molecule has 0 bridgehead atoms. The average molecular weight is 280 g/mol. The van der Waals surface area contributed by atoms with Crippen molar-refractivity contribution in [3.63, 3.8) is 0 Å². The standard InChI is InChI=1S/C15H24N2OS/c1-11-10-19-6-5-17(11)14-8-12(9-18)7-13(16-14)15(2,3)4/h7-8,11,18H,5-6,9-10H2,1-4H3. The summed E-state index contributed by atoms with van der Waals surface area (Å²) in [5.41, 5.74) is 2.02. The highest BCUT2D eigenvalue weighted by molar-refractivity contribution is 7.99. The van der Waals surface area contributed by atoms with Gasteiger partial charge >= 0.3 is 0 Å². The molecule has 1 aromatic heterocycles. The summed E-state index contributed by atoms with van der Waals surface area (Å²) in [6.07, 6.45) is 0. The highest BCUT2D eigenvalue weighted by Crippen LogP contribution is 2.28. The second kappa shape index (κ2) is 5.71. The normalized spacial score (nSPS) is 20.7. The second-order valence-electron chi connectivity index (χ2n) is 6.24. The fourth-order valence-electron chi connectivity index (χ4n) is 2.26. The Kier molecular flexibility index (Phi) is 4.41. The third-order valence-corrected chi connectivity index (χ3v) is 4.67. The zero-order valence-corrected chi connectivity index (χ0v) is 13.1. The molecule has 0 aromatic carbocycles. The maximum atomic E-state index is 9.47. The van der Waals surface area contributed by atoms with Crippen molar-refractivity contribution in [1.82, 2.24) is 4.98 Å². The fraction of sp³-hybridized carbons (Fsp3) is 0.667. The van der Waals surface area contributed by atoms with Gasteiger partial charge in [-0.05, 0) is 24.6 Å². The van der Waals surface area contributed by atoms with Crippen molar-refractivity contribution in [2.24, 2.45) is 0 Å². The van der Waals surface area contributed by atoms with Crippen LogP contribution >= 0.6 is 11.8 Å². The molecule has 1 aliphatic heterocycles. The van der Waals surface area contributed by atoms with Crippen LogP contribution < -0.4 is 4.90 Å². The van der Waals surface area contributed by atoms with Gasteiger partial charge in [-0.15, -0.1) is 0 Å². The molecule has 1 N–H and O–H groups in total. The van der Waals surface area contributed by atoms with Gasteiger partial charge in [-0.1, -0.05) is 20.8 Å². The summed E-state index contributed by atoms with van der Waals surface area (Å²) in [5.74, 6) is 3.32. The third-order valence-electron chi connectivity index (χ3n) is 3.48. The molecule has 1 saturated heterocycles. The van der Waals surface area contributed by atoms with Crippen LogP contribution in [0.2, 0.25) is 0 Å². The first kappa shape index (κ1) is 14.7. The molecule has 0 amide bonds. The van der Waals surface area contributed by atoms with Gasteiger partial charge in [0.1, 0.15) is 5.82 Å². The molecule has 0 spiro atoms. The van der Waals surface area contributed by atoms with Crippen LogP contribution in [0, 0.1) is 0 Å². The maximum absolute atomic E-state index is 9.47. The van der Waals surface area contributed by atoms with Crippen molar-refractivity contribution < 1.29 is 5.11 Å². The molecule has 19 heavy (non-hydrogen) atoms. The van der Waals surface area contributed by atoms with Crippen LogP contribution in [0.15, 0.2) is 12.1 Å². The highest BCUT2D eigenvalue weighted by Gasteiger charge is 2.23. The molecule has 1 fully saturated rings. The van der Waals surface area contributed by atoms with E-state index in [0.29, 0.717) is 6.04 Å². The van der Waals surface area contributed by atoms with Crippen molar-refractivity contribution in [2.75, 3.05) is 23.0 Å². The van der Waals surface area contributed by atoms with Crippen molar-refractivity contribution in [3.8, 4) is 0 Å². The van der Waals surface area contributed by atoms with Gasteiger partial charge in [-0.2, -0.15) is 11.8 Å². The van der Waals surface area contributed by atoms with E-state index < -0.39 is 0 Å². The van der Waals surface area contributed by atoms with Gasteiger partial charge in [0.15, 0.2) is 0 Å². The van der Waals surface area contributed by atoms with Crippen LogP contribution in [0.1, 0.15) is 39.0 Å². The molecule has 2 heterocycles. The molecule has 0 aliphatic carbocycles. The molecule has 4 heteroatoms. The van der Waals surface area contributed by atoms with E-state index in [1.807, 2.05) is 23.9 Å². The molecular weight excluding hydrogens is 256 g/mol. The van der Waals surface area contributed by atoms with E-state index in [0.717, 1.165) is 35.1 Å². The summed E-state index contributed by atoms with van der Waals surface area (Å²) < 4.78 is 0. The van der Waals surface area contributed by atoms with E-state index >= 15 is 0 Å². The monoisotopic (exact) mass is 280 g/mol. The summed E-state index contributed by atoms with van der Waals surface area (Å²) in [7, 11) is 0. The molecule has 1 unspecified atom stereocenters. The smallest absolute Gasteiger partial charge is 0.129 e. The van der Waals surface area contributed by atoms with E-state index in [-0.39, 0.29) is 12.0 Å². The lowest BCUT2D eigenvalue weighted by molar-refractivity contribution is 0.281. The van der Waals surface area contributed by atoms with Gasteiger partial charge in [0.2, 0.25) is 0 Å². The van der Waals surface area contributed by atoms with Crippen LogP contribution in [0.25, 0.3) is 0 Å². The van der Waals surface area contributed by atoms with E-state index in [4.69, 9.17) is 4.98 Å². The van der Waals surface area contributed by atoms with Crippen molar-refractivity contribution >= 4 is 17.6 Å². The Hall–Kier alpha value is -0.740. The first-order chi connectivity index (χ1) is 8.91. The largest absolute Gasteiger partial charge is 0.392 e. The average Bonchev–Trinajstić information content (AvgIpc) is 2.37. The van der Waals surface area contributed by atoms with Gasteiger partial charge in [-0.25, -0.2) is 4.98 Å². The number of hydrogen-bond acceptors (Lipinski definition) is 4. The van der Waals surface area contributed by atoms with Gasteiger partial charge in [-0.3, -0.25) is 0 Å². The minimum absolute atomic E-state index is 0.00764. The number of aromatic nitrogens is 1. The lowest BCUT2D eigenvalue weighted by Gasteiger charge is -2.35. The summed E-state index contributed by atoms with van der Waals surface area (Å²) in [4.78, 5) is 7.20. The SMILES string of the molecule is CC1CSCCN1c1cc(CO)cc(C(C)(C)C)n1. The van der Waals surface area contributed by atoms with Gasteiger partial charge < -0.3 is 10.0 Å². The number of aliphatic hydroxyl groups is 1. The number of aliphatic hydroxyl groups excluding tert-OH is 1. The molecule has 1 atom stereocenters. The van der Waals surface area contributed by atoms with Crippen LogP contribution in [-0.4, -0.2) is 34.2 Å². The predicted molar refractivity (Wildman–Crippen MR) is 83.0 cm³/mol. The molecular formula is C15H24N2OS. The van der Waals surface area contributed by atoms with Gasteiger partial charge in [0.05, 0.1) is 6.61 Å². The Morgan fingerprint density at radius 3 is 2.74 bits per heavy atom. The molecule has 0 radical (unpaired) electrons. The van der Waals surface area contributed by atoms with E-state index in [2.05, 4.69) is 32.6 Å². The Morgan fingerprint density at radius 2 is 2.16 bits per heavy atom. The second-order valence-corrected chi connectivity index (χ2v) is 7.39. The van der Waals surface area contributed by atoms with Crippen molar-refractivity contribution in [3.05, 3.63) is 23.4 Å². The van der Waals surface area contributed by atoms with E-state index in [1.54, 1.807) is 0 Å². The third kappa shape index (κ3) is 3.42. The molecule has 1 aliphatic rings. The molecule has 2 rings (SSSR count). The number of rotatable bonds is 2. The minimum Gasteiger partial charge on any atom is -0.392 e. The topological polar surface area (TPSA) is 36.4 Å². The molecule has 3 nitrogen and oxygen atoms in total. The Bertz CT molecular complexity index is 442.